The van der Waals surface area contributed by atoms with Crippen molar-refractivity contribution in [1.29, 1.82) is 0 Å². The maximum Gasteiger partial charge on any atom is 0.295 e. The van der Waals surface area contributed by atoms with Gasteiger partial charge in [-0.2, -0.15) is 0 Å². The second kappa shape index (κ2) is 12.0. The number of carbonyl (C=O) groups excluding carboxylic acids is 2. The molecule has 3 aromatic rings. The van der Waals surface area contributed by atoms with Crippen LogP contribution in [0.1, 0.15) is 34.7 Å². The number of likely N-dealkylation sites (tertiary alicyclic amines) is 1. The Hall–Kier alpha value is -4.10. The molecular formula is C31H34N2O5. The zero-order chi connectivity index (χ0) is 27.2. The number of aliphatic hydroxyl groups is 1. The molecule has 0 unspecified atom stereocenters. The quantitative estimate of drug-likeness (QED) is 0.234. The highest BCUT2D eigenvalue weighted by Crippen LogP contribution is 2.40. The molecule has 198 valence electrons. The van der Waals surface area contributed by atoms with E-state index in [0.29, 0.717) is 36.6 Å². The highest BCUT2D eigenvalue weighted by atomic mass is 16.5. The standard InChI is InChI=1S/C31H34N2O5/c1-21-7-5-8-22(19-21)20-38-26-15-11-24(12-16-26)29(34)27-28(23-9-13-25(37-4)14-10-23)33(31(36)30(27)35)18-6-17-32(2)3/h5,7-16,19,28,34H,6,17-18,20H2,1-4H3/b29-27+/t28-/m1/s1. The van der Waals surface area contributed by atoms with Gasteiger partial charge in [0.1, 0.15) is 23.9 Å². The lowest BCUT2D eigenvalue weighted by molar-refractivity contribution is -0.139. The van der Waals surface area contributed by atoms with Crippen molar-refractivity contribution in [3.05, 3.63) is 101 Å². The predicted octanol–water partition coefficient (Wildman–Crippen LogP) is 4.96. The van der Waals surface area contributed by atoms with Gasteiger partial charge in [-0.15, -0.1) is 0 Å². The molecule has 38 heavy (non-hydrogen) atoms. The zero-order valence-electron chi connectivity index (χ0n) is 22.3. The molecular weight excluding hydrogens is 480 g/mol. The third-order valence-electron chi connectivity index (χ3n) is 6.59. The largest absolute Gasteiger partial charge is 0.507 e. The van der Waals surface area contributed by atoms with Crippen molar-refractivity contribution in [1.82, 2.24) is 9.80 Å². The van der Waals surface area contributed by atoms with Crippen LogP contribution in [-0.4, -0.2) is 60.9 Å². The van der Waals surface area contributed by atoms with Gasteiger partial charge in [-0.05, 0) is 81.5 Å². The van der Waals surface area contributed by atoms with Crippen LogP contribution in [0.3, 0.4) is 0 Å². The fraction of sp³-hybridized carbons (Fsp3) is 0.290. The minimum absolute atomic E-state index is 0.0819. The van der Waals surface area contributed by atoms with E-state index in [0.717, 1.165) is 23.2 Å². The van der Waals surface area contributed by atoms with Gasteiger partial charge in [0.05, 0.1) is 18.7 Å². The van der Waals surface area contributed by atoms with Crippen molar-refractivity contribution in [2.75, 3.05) is 34.3 Å². The average Bonchev–Trinajstić information content (AvgIpc) is 3.17. The van der Waals surface area contributed by atoms with Crippen LogP contribution in [0.25, 0.3) is 5.76 Å². The molecule has 0 bridgehead atoms. The number of methoxy groups -OCH3 is 1. The van der Waals surface area contributed by atoms with Crippen LogP contribution in [0.15, 0.2) is 78.4 Å². The number of aliphatic hydroxyl groups excluding tert-OH is 1. The zero-order valence-corrected chi connectivity index (χ0v) is 22.3. The van der Waals surface area contributed by atoms with Crippen LogP contribution in [0.4, 0.5) is 0 Å². The molecule has 1 amide bonds. The topological polar surface area (TPSA) is 79.3 Å². The number of Topliss-reactive ketones (excluding diaryl/α,β-unsaturated/α-hetero) is 1. The Bertz CT molecular complexity index is 1310. The number of hydrogen-bond donors (Lipinski definition) is 1. The summed E-state index contributed by atoms with van der Waals surface area (Å²) >= 11 is 0. The number of carbonyl (C=O) groups is 2. The molecule has 0 radical (unpaired) electrons. The van der Waals surface area contributed by atoms with Crippen LogP contribution in [0.5, 0.6) is 11.5 Å². The van der Waals surface area contributed by atoms with Crippen LogP contribution in [0, 0.1) is 6.92 Å². The van der Waals surface area contributed by atoms with E-state index in [9.17, 15) is 14.7 Å². The van der Waals surface area contributed by atoms with Crippen LogP contribution in [0.2, 0.25) is 0 Å². The monoisotopic (exact) mass is 514 g/mol. The number of rotatable bonds is 10. The summed E-state index contributed by atoms with van der Waals surface area (Å²) in [4.78, 5) is 29.9. The van der Waals surface area contributed by atoms with E-state index in [1.165, 1.54) is 0 Å². The first-order valence-electron chi connectivity index (χ1n) is 12.6. The molecule has 1 N–H and O–H groups in total. The van der Waals surface area contributed by atoms with Crippen molar-refractivity contribution >= 4 is 17.4 Å². The molecule has 0 aromatic heterocycles. The number of benzene rings is 3. The smallest absolute Gasteiger partial charge is 0.295 e. The van der Waals surface area contributed by atoms with Gasteiger partial charge < -0.3 is 24.4 Å². The maximum atomic E-state index is 13.2. The highest BCUT2D eigenvalue weighted by molar-refractivity contribution is 6.46. The number of ketones is 1. The number of aryl methyl sites for hydroxylation is 1. The fourth-order valence-electron chi connectivity index (χ4n) is 4.63. The summed E-state index contributed by atoms with van der Waals surface area (Å²) in [5.74, 6) is -0.194. The predicted molar refractivity (Wildman–Crippen MR) is 147 cm³/mol. The van der Waals surface area contributed by atoms with Gasteiger partial charge in [0.25, 0.3) is 11.7 Å². The highest BCUT2D eigenvalue weighted by Gasteiger charge is 2.45. The first-order valence-corrected chi connectivity index (χ1v) is 12.6. The van der Waals surface area contributed by atoms with Gasteiger partial charge in [-0.1, -0.05) is 42.0 Å². The van der Waals surface area contributed by atoms with E-state index in [2.05, 4.69) is 6.07 Å². The second-order valence-corrected chi connectivity index (χ2v) is 9.72. The van der Waals surface area contributed by atoms with E-state index in [1.807, 2.05) is 56.3 Å². The number of hydrogen-bond acceptors (Lipinski definition) is 6. The lowest BCUT2D eigenvalue weighted by atomic mass is 9.95. The molecule has 0 spiro atoms. The van der Waals surface area contributed by atoms with Gasteiger partial charge in [0.2, 0.25) is 0 Å². The Morgan fingerprint density at radius 3 is 2.29 bits per heavy atom. The first kappa shape index (κ1) is 26.9. The summed E-state index contributed by atoms with van der Waals surface area (Å²) in [7, 11) is 5.50. The summed E-state index contributed by atoms with van der Waals surface area (Å²) in [6.07, 6.45) is 0.694. The summed E-state index contributed by atoms with van der Waals surface area (Å²) < 4.78 is 11.2. The molecule has 1 saturated heterocycles. The van der Waals surface area contributed by atoms with Crippen molar-refractivity contribution in [2.24, 2.45) is 0 Å². The Morgan fingerprint density at radius 1 is 0.974 bits per heavy atom. The van der Waals surface area contributed by atoms with Crippen LogP contribution in [-0.2, 0) is 16.2 Å². The Morgan fingerprint density at radius 2 is 1.66 bits per heavy atom. The Balaban J connectivity index is 1.63. The molecule has 0 aliphatic carbocycles. The Kier molecular flexibility index (Phi) is 8.48. The van der Waals surface area contributed by atoms with E-state index < -0.39 is 17.7 Å². The fourth-order valence-corrected chi connectivity index (χ4v) is 4.63. The summed E-state index contributed by atoms with van der Waals surface area (Å²) in [6, 6.07) is 21.5. The number of amides is 1. The number of ether oxygens (including phenoxy) is 2. The molecule has 1 atom stereocenters. The first-order chi connectivity index (χ1) is 18.3. The van der Waals surface area contributed by atoms with E-state index >= 15 is 0 Å². The lowest BCUT2D eigenvalue weighted by Gasteiger charge is -2.26. The molecule has 1 aliphatic rings. The summed E-state index contributed by atoms with van der Waals surface area (Å²) in [6.45, 7) is 3.61. The van der Waals surface area contributed by atoms with Crippen LogP contribution < -0.4 is 9.47 Å². The van der Waals surface area contributed by atoms with Crippen molar-refractivity contribution < 1.29 is 24.2 Å². The molecule has 3 aromatic carbocycles. The summed E-state index contributed by atoms with van der Waals surface area (Å²) in [5, 5.41) is 11.3. The third-order valence-corrected chi connectivity index (χ3v) is 6.59. The number of nitrogens with zero attached hydrogens (tertiary/aromatic N) is 2. The molecule has 1 heterocycles. The molecule has 7 nitrogen and oxygen atoms in total. The minimum Gasteiger partial charge on any atom is -0.507 e. The minimum atomic E-state index is -0.694. The molecule has 0 saturated carbocycles. The van der Waals surface area contributed by atoms with E-state index in [4.69, 9.17) is 9.47 Å². The normalized spacial score (nSPS) is 16.8. The van der Waals surface area contributed by atoms with Gasteiger partial charge in [0.15, 0.2) is 0 Å². The maximum absolute atomic E-state index is 13.2. The van der Waals surface area contributed by atoms with Gasteiger partial charge in [-0.25, -0.2) is 0 Å². The van der Waals surface area contributed by atoms with Crippen molar-refractivity contribution in [3.8, 4) is 11.5 Å². The lowest BCUT2D eigenvalue weighted by Crippen LogP contribution is -2.32. The van der Waals surface area contributed by atoms with Crippen molar-refractivity contribution in [3.63, 3.8) is 0 Å². The van der Waals surface area contributed by atoms with Gasteiger partial charge in [-0.3, -0.25) is 9.59 Å². The second-order valence-electron chi connectivity index (χ2n) is 9.72. The average molecular weight is 515 g/mol. The van der Waals surface area contributed by atoms with Gasteiger partial charge in [0, 0.05) is 12.1 Å². The molecule has 1 fully saturated rings. The molecule has 4 rings (SSSR count). The summed E-state index contributed by atoms with van der Waals surface area (Å²) in [5.41, 5.74) is 3.48. The van der Waals surface area contributed by atoms with Gasteiger partial charge >= 0.3 is 0 Å². The van der Waals surface area contributed by atoms with Crippen molar-refractivity contribution in [2.45, 2.75) is 26.0 Å². The molecule has 7 heteroatoms. The SMILES string of the molecule is COc1ccc([C@@H]2/C(=C(\O)c3ccc(OCc4cccc(C)c4)cc3)C(=O)C(=O)N2CCCN(C)C)cc1. The van der Waals surface area contributed by atoms with Crippen LogP contribution >= 0.6 is 0 Å². The Labute approximate surface area is 223 Å². The molecule has 1 aliphatic heterocycles. The third kappa shape index (κ3) is 6.06. The van der Waals surface area contributed by atoms with E-state index in [-0.39, 0.29) is 11.3 Å². The van der Waals surface area contributed by atoms with E-state index in [1.54, 1.807) is 48.4 Å².